The fraction of sp³-hybridized carbons (Fsp3) is 0.300. The van der Waals surface area contributed by atoms with E-state index < -0.39 is 0 Å². The van der Waals surface area contributed by atoms with Crippen molar-refractivity contribution in [3.63, 3.8) is 0 Å². The summed E-state index contributed by atoms with van der Waals surface area (Å²) in [6, 6.07) is 3.70. The van der Waals surface area contributed by atoms with Crippen LogP contribution in [0.4, 0.5) is 9.80 Å². The average molecular weight is 415 g/mol. The number of fused-ring (bicyclic) bond motifs is 1. The predicted octanol–water partition coefficient (Wildman–Crippen LogP) is 4.23. The lowest BCUT2D eigenvalue weighted by Gasteiger charge is -2.26. The topological polar surface area (TPSA) is 74.7 Å². The minimum atomic E-state index is -0.206. The third-order valence-electron chi connectivity index (χ3n) is 4.31. The number of aliphatic imine (C=N–C) groups is 1. The van der Waals surface area contributed by atoms with Crippen molar-refractivity contribution in [2.24, 2.45) is 4.99 Å². The Bertz CT molecular complexity index is 893. The number of thioether (sulfide) groups is 1. The molecule has 6 nitrogen and oxygen atoms in total. The van der Waals surface area contributed by atoms with Crippen LogP contribution in [-0.2, 0) is 24.3 Å². The molecule has 28 heavy (non-hydrogen) atoms. The SMILES string of the molecule is C=NCc1c(NC(=O)/C=C/c2cccnc2)sc2c1CCN(C(=O)SCC)C2. The van der Waals surface area contributed by atoms with Crippen LogP contribution in [0.3, 0.4) is 0 Å². The Morgan fingerprint density at radius 1 is 1.50 bits per heavy atom. The first-order valence-corrected chi connectivity index (χ1v) is 10.8. The molecule has 0 aliphatic carbocycles. The molecule has 1 N–H and O–H groups in total. The minimum Gasteiger partial charge on any atom is -0.328 e. The summed E-state index contributed by atoms with van der Waals surface area (Å²) in [6.07, 6.45) is 7.38. The van der Waals surface area contributed by atoms with Crippen LogP contribution in [0.25, 0.3) is 6.08 Å². The molecule has 0 bridgehead atoms. The van der Waals surface area contributed by atoms with E-state index in [9.17, 15) is 9.59 Å². The highest BCUT2D eigenvalue weighted by molar-refractivity contribution is 8.13. The summed E-state index contributed by atoms with van der Waals surface area (Å²) in [4.78, 5) is 35.6. The van der Waals surface area contributed by atoms with Crippen LogP contribution >= 0.6 is 23.1 Å². The van der Waals surface area contributed by atoms with Gasteiger partial charge in [-0.1, -0.05) is 24.8 Å². The van der Waals surface area contributed by atoms with Gasteiger partial charge in [-0.3, -0.25) is 19.6 Å². The summed E-state index contributed by atoms with van der Waals surface area (Å²) in [6.45, 7) is 7.30. The van der Waals surface area contributed by atoms with Gasteiger partial charge in [-0.05, 0) is 42.2 Å². The number of anilines is 1. The van der Waals surface area contributed by atoms with E-state index in [-0.39, 0.29) is 11.1 Å². The summed E-state index contributed by atoms with van der Waals surface area (Å²) in [5.74, 6) is 0.560. The Morgan fingerprint density at radius 2 is 2.36 bits per heavy atom. The van der Waals surface area contributed by atoms with E-state index in [0.717, 1.165) is 33.2 Å². The molecule has 0 fully saturated rings. The highest BCUT2D eigenvalue weighted by Crippen LogP contribution is 2.38. The molecule has 3 heterocycles. The molecule has 0 unspecified atom stereocenters. The van der Waals surface area contributed by atoms with Gasteiger partial charge < -0.3 is 10.2 Å². The molecule has 3 rings (SSSR count). The zero-order valence-corrected chi connectivity index (χ0v) is 17.3. The summed E-state index contributed by atoms with van der Waals surface area (Å²) in [7, 11) is 0. The van der Waals surface area contributed by atoms with Crippen LogP contribution in [-0.4, -0.2) is 40.0 Å². The van der Waals surface area contributed by atoms with Gasteiger partial charge in [0.25, 0.3) is 5.24 Å². The zero-order chi connectivity index (χ0) is 19.9. The molecule has 0 aromatic carbocycles. The van der Waals surface area contributed by atoms with E-state index in [4.69, 9.17) is 0 Å². The van der Waals surface area contributed by atoms with Crippen molar-refractivity contribution >= 4 is 52.0 Å². The smallest absolute Gasteiger partial charge is 0.281 e. The number of carbonyl (C=O) groups excluding carboxylic acids is 2. The van der Waals surface area contributed by atoms with Crippen molar-refractivity contribution < 1.29 is 9.59 Å². The quantitative estimate of drug-likeness (QED) is 0.567. The van der Waals surface area contributed by atoms with Crippen molar-refractivity contribution in [3.05, 3.63) is 52.2 Å². The van der Waals surface area contributed by atoms with Gasteiger partial charge in [0.05, 0.1) is 13.1 Å². The van der Waals surface area contributed by atoms with E-state index in [0.29, 0.717) is 19.6 Å². The fourth-order valence-electron chi connectivity index (χ4n) is 3.02. The highest BCUT2D eigenvalue weighted by atomic mass is 32.2. The Hall–Kier alpha value is -2.45. The van der Waals surface area contributed by atoms with Gasteiger partial charge in [-0.2, -0.15) is 0 Å². The molecule has 146 valence electrons. The third-order valence-corrected chi connectivity index (χ3v) is 6.28. The number of thiophene rings is 1. The number of aromatic nitrogens is 1. The normalized spacial score (nSPS) is 13.4. The Labute approximate surface area is 172 Å². The van der Waals surface area contributed by atoms with E-state index in [2.05, 4.69) is 22.0 Å². The van der Waals surface area contributed by atoms with Crippen molar-refractivity contribution in [1.29, 1.82) is 0 Å². The number of pyridine rings is 1. The summed E-state index contributed by atoms with van der Waals surface area (Å²) < 4.78 is 0. The van der Waals surface area contributed by atoms with E-state index in [1.54, 1.807) is 18.5 Å². The molecular formula is C20H22N4O2S2. The molecule has 0 saturated heterocycles. The molecule has 2 aromatic heterocycles. The highest BCUT2D eigenvalue weighted by Gasteiger charge is 2.27. The maximum absolute atomic E-state index is 12.4. The molecule has 1 aliphatic heterocycles. The van der Waals surface area contributed by atoms with Gasteiger partial charge in [0.15, 0.2) is 0 Å². The van der Waals surface area contributed by atoms with Crippen LogP contribution in [0.15, 0.2) is 35.6 Å². The molecule has 2 aromatic rings. The lowest BCUT2D eigenvalue weighted by atomic mass is 10.0. The number of rotatable bonds is 6. The Kier molecular flexibility index (Phi) is 7.00. The minimum absolute atomic E-state index is 0.106. The van der Waals surface area contributed by atoms with E-state index >= 15 is 0 Å². The Balaban J connectivity index is 1.76. The van der Waals surface area contributed by atoms with Gasteiger partial charge >= 0.3 is 0 Å². The summed E-state index contributed by atoms with van der Waals surface area (Å²) in [5.41, 5.74) is 3.06. The molecule has 8 heteroatoms. The van der Waals surface area contributed by atoms with Gasteiger partial charge in [-0.25, -0.2) is 0 Å². The second-order valence-electron chi connectivity index (χ2n) is 6.17. The number of hydrogen-bond acceptors (Lipinski definition) is 6. The van der Waals surface area contributed by atoms with Gasteiger partial charge in [0.1, 0.15) is 5.00 Å². The molecule has 2 amide bonds. The molecule has 0 radical (unpaired) electrons. The van der Waals surface area contributed by atoms with Crippen LogP contribution in [0, 0.1) is 0 Å². The van der Waals surface area contributed by atoms with Crippen LogP contribution in [0.5, 0.6) is 0 Å². The number of hydrogen-bond donors (Lipinski definition) is 1. The van der Waals surface area contributed by atoms with Crippen molar-refractivity contribution in [2.45, 2.75) is 26.4 Å². The van der Waals surface area contributed by atoms with E-state index in [1.165, 1.54) is 34.7 Å². The van der Waals surface area contributed by atoms with Crippen molar-refractivity contribution in [3.8, 4) is 0 Å². The first-order chi connectivity index (χ1) is 13.6. The van der Waals surface area contributed by atoms with Gasteiger partial charge in [-0.15, -0.1) is 11.3 Å². The number of amides is 2. The lowest BCUT2D eigenvalue weighted by Crippen LogP contribution is -2.33. The second-order valence-corrected chi connectivity index (χ2v) is 8.49. The van der Waals surface area contributed by atoms with Gasteiger partial charge in [0.2, 0.25) is 5.91 Å². The largest absolute Gasteiger partial charge is 0.328 e. The van der Waals surface area contributed by atoms with Crippen molar-refractivity contribution in [1.82, 2.24) is 9.88 Å². The predicted molar refractivity (Wildman–Crippen MR) is 117 cm³/mol. The molecule has 0 spiro atoms. The molecule has 1 aliphatic rings. The summed E-state index contributed by atoms with van der Waals surface area (Å²) >= 11 is 2.85. The average Bonchev–Trinajstić information content (AvgIpc) is 3.04. The maximum Gasteiger partial charge on any atom is 0.281 e. The first kappa shape index (κ1) is 20.3. The Morgan fingerprint density at radius 3 is 3.07 bits per heavy atom. The number of nitrogens with zero attached hydrogens (tertiary/aromatic N) is 3. The molecule has 0 atom stereocenters. The standard InChI is InChI=1S/C20H22N4O2S2/c1-3-27-20(26)24-10-8-15-16(12-21-2)19(28-17(15)13-24)23-18(25)7-6-14-5-4-9-22-11-14/h4-7,9,11H,2-3,8,10,12-13H2,1H3,(H,23,25)/b7-6+. The monoisotopic (exact) mass is 414 g/mol. The van der Waals surface area contributed by atoms with Crippen LogP contribution in [0.1, 0.15) is 28.5 Å². The van der Waals surface area contributed by atoms with Crippen LogP contribution in [0.2, 0.25) is 0 Å². The van der Waals surface area contributed by atoms with Gasteiger partial charge in [0, 0.05) is 35.5 Å². The number of nitrogens with one attached hydrogen (secondary N) is 1. The first-order valence-electron chi connectivity index (χ1n) is 8.99. The van der Waals surface area contributed by atoms with E-state index in [1.807, 2.05) is 24.0 Å². The van der Waals surface area contributed by atoms with Crippen LogP contribution < -0.4 is 5.32 Å². The molecule has 0 saturated carbocycles. The zero-order valence-electron chi connectivity index (χ0n) is 15.7. The number of carbonyl (C=O) groups is 2. The second kappa shape index (κ2) is 9.66. The molecular weight excluding hydrogens is 392 g/mol. The lowest BCUT2D eigenvalue weighted by molar-refractivity contribution is -0.111. The van der Waals surface area contributed by atoms with Crippen molar-refractivity contribution in [2.75, 3.05) is 17.6 Å². The fourth-order valence-corrected chi connectivity index (χ4v) is 4.88. The summed E-state index contributed by atoms with van der Waals surface area (Å²) in [5, 5.41) is 3.86. The maximum atomic E-state index is 12.4. The third kappa shape index (κ3) is 4.88.